The lowest BCUT2D eigenvalue weighted by Gasteiger charge is -2.07. The van der Waals surface area contributed by atoms with Crippen LogP contribution in [-0.2, 0) is 0 Å². The van der Waals surface area contributed by atoms with Crippen LogP contribution < -0.4 is 16.4 Å². The Morgan fingerprint density at radius 1 is 1.50 bits per heavy atom. The molecule has 0 aromatic heterocycles. The number of anilines is 1. The fraction of sp³-hybridized carbons (Fsp3) is 0.111. The second kappa shape index (κ2) is 4.57. The predicted molar refractivity (Wildman–Crippen MR) is 60.2 cm³/mol. The van der Waals surface area contributed by atoms with Gasteiger partial charge in [-0.1, -0.05) is 6.07 Å². The Kier molecular flexibility index (Phi) is 3.41. The van der Waals surface area contributed by atoms with Gasteiger partial charge in [0, 0.05) is 18.3 Å². The average Bonchev–Trinajstić information content (AvgIpc) is 2.18. The van der Waals surface area contributed by atoms with Crippen molar-refractivity contribution in [1.82, 2.24) is 5.32 Å². The van der Waals surface area contributed by atoms with Gasteiger partial charge in [0.15, 0.2) is 5.11 Å². The highest BCUT2D eigenvalue weighted by atomic mass is 32.1. The van der Waals surface area contributed by atoms with Crippen LogP contribution in [0.1, 0.15) is 10.4 Å². The van der Waals surface area contributed by atoms with E-state index in [1.54, 1.807) is 31.3 Å². The summed E-state index contributed by atoms with van der Waals surface area (Å²) in [5, 5.41) is 6.16. The molecule has 0 spiro atoms. The number of amides is 1. The number of primary amides is 1. The lowest BCUT2D eigenvalue weighted by atomic mass is 10.2. The van der Waals surface area contributed by atoms with Crippen LogP contribution in [0.4, 0.5) is 5.69 Å². The van der Waals surface area contributed by atoms with Gasteiger partial charge in [-0.25, -0.2) is 0 Å². The summed E-state index contributed by atoms with van der Waals surface area (Å²) >= 11 is 4.91. The van der Waals surface area contributed by atoms with Gasteiger partial charge in [-0.2, -0.15) is 0 Å². The molecule has 5 heteroatoms. The van der Waals surface area contributed by atoms with E-state index in [0.717, 1.165) is 5.69 Å². The van der Waals surface area contributed by atoms with Gasteiger partial charge in [0.1, 0.15) is 0 Å². The second-order valence-corrected chi connectivity index (χ2v) is 3.06. The van der Waals surface area contributed by atoms with Crippen molar-refractivity contribution in [2.45, 2.75) is 0 Å². The van der Waals surface area contributed by atoms with E-state index >= 15 is 0 Å². The van der Waals surface area contributed by atoms with Crippen LogP contribution in [0.3, 0.4) is 0 Å². The Morgan fingerprint density at radius 2 is 2.21 bits per heavy atom. The first-order valence-corrected chi connectivity index (χ1v) is 4.43. The van der Waals surface area contributed by atoms with Crippen molar-refractivity contribution in [3.63, 3.8) is 0 Å². The van der Waals surface area contributed by atoms with Crippen molar-refractivity contribution in [2.75, 3.05) is 12.4 Å². The van der Waals surface area contributed by atoms with E-state index in [-0.39, 0.29) is 0 Å². The standard InChI is InChI=1S/C9H11N3OS/c1-11-9(14)12-7-4-2-3-6(5-7)8(10)13/h2-5H,1H3,(H2,10,13)(H2,11,12,14). The van der Waals surface area contributed by atoms with E-state index in [2.05, 4.69) is 10.6 Å². The molecule has 0 saturated heterocycles. The van der Waals surface area contributed by atoms with E-state index in [1.165, 1.54) is 0 Å². The van der Waals surface area contributed by atoms with Gasteiger partial charge in [-0.05, 0) is 30.4 Å². The number of carbonyl (C=O) groups is 1. The van der Waals surface area contributed by atoms with Crippen molar-refractivity contribution in [2.24, 2.45) is 5.73 Å². The molecule has 0 fully saturated rings. The lowest BCUT2D eigenvalue weighted by molar-refractivity contribution is 0.100. The molecule has 0 aliphatic carbocycles. The van der Waals surface area contributed by atoms with Crippen molar-refractivity contribution >= 4 is 28.9 Å². The maximum atomic E-state index is 10.9. The van der Waals surface area contributed by atoms with Crippen molar-refractivity contribution < 1.29 is 4.79 Å². The molecule has 1 aromatic carbocycles. The summed E-state index contributed by atoms with van der Waals surface area (Å²) < 4.78 is 0. The number of nitrogens with one attached hydrogen (secondary N) is 2. The molecule has 0 aliphatic rings. The highest BCUT2D eigenvalue weighted by Gasteiger charge is 2.01. The molecule has 0 atom stereocenters. The Labute approximate surface area is 87.5 Å². The Morgan fingerprint density at radius 3 is 2.79 bits per heavy atom. The summed E-state index contributed by atoms with van der Waals surface area (Å²) in [5.41, 5.74) is 6.32. The number of nitrogens with two attached hydrogens (primary N) is 1. The predicted octanol–water partition coefficient (Wildman–Crippen LogP) is 0.702. The first kappa shape index (κ1) is 10.5. The van der Waals surface area contributed by atoms with E-state index in [4.69, 9.17) is 18.0 Å². The molecule has 14 heavy (non-hydrogen) atoms. The van der Waals surface area contributed by atoms with Gasteiger partial charge in [-0.15, -0.1) is 0 Å². The summed E-state index contributed by atoms with van der Waals surface area (Å²) in [6.45, 7) is 0. The van der Waals surface area contributed by atoms with Crippen LogP contribution in [0.5, 0.6) is 0 Å². The minimum absolute atomic E-state index is 0.453. The van der Waals surface area contributed by atoms with Crippen molar-refractivity contribution in [1.29, 1.82) is 0 Å². The second-order valence-electron chi connectivity index (χ2n) is 2.65. The first-order chi connectivity index (χ1) is 6.63. The van der Waals surface area contributed by atoms with Crippen LogP contribution >= 0.6 is 12.2 Å². The van der Waals surface area contributed by atoms with Crippen LogP contribution in [-0.4, -0.2) is 18.1 Å². The maximum Gasteiger partial charge on any atom is 0.248 e. The summed E-state index contributed by atoms with van der Waals surface area (Å²) in [6, 6.07) is 6.83. The molecule has 1 aromatic rings. The fourth-order valence-electron chi connectivity index (χ4n) is 0.944. The molecule has 0 bridgehead atoms. The Bertz CT molecular complexity index is 365. The third-order valence-corrected chi connectivity index (χ3v) is 1.94. The number of hydrogen-bond donors (Lipinski definition) is 3. The van der Waals surface area contributed by atoms with E-state index in [9.17, 15) is 4.79 Å². The third-order valence-electron chi connectivity index (χ3n) is 1.63. The average molecular weight is 209 g/mol. The maximum absolute atomic E-state index is 10.9. The number of carbonyl (C=O) groups excluding carboxylic acids is 1. The lowest BCUT2D eigenvalue weighted by Crippen LogP contribution is -2.24. The highest BCUT2D eigenvalue weighted by Crippen LogP contribution is 2.09. The number of rotatable bonds is 2. The van der Waals surface area contributed by atoms with Gasteiger partial charge < -0.3 is 16.4 Å². The topological polar surface area (TPSA) is 67.2 Å². The largest absolute Gasteiger partial charge is 0.366 e. The molecule has 0 aliphatic heterocycles. The monoisotopic (exact) mass is 209 g/mol. The molecule has 4 N–H and O–H groups in total. The molecule has 74 valence electrons. The zero-order valence-corrected chi connectivity index (χ0v) is 8.52. The van der Waals surface area contributed by atoms with Gasteiger partial charge in [0.25, 0.3) is 0 Å². The highest BCUT2D eigenvalue weighted by molar-refractivity contribution is 7.80. The molecular weight excluding hydrogens is 198 g/mol. The SMILES string of the molecule is CNC(=S)Nc1cccc(C(N)=O)c1. The molecular formula is C9H11N3OS. The van der Waals surface area contributed by atoms with Crippen LogP contribution in [0.15, 0.2) is 24.3 Å². The molecule has 0 saturated carbocycles. The third kappa shape index (κ3) is 2.70. The minimum atomic E-state index is -0.455. The smallest absolute Gasteiger partial charge is 0.248 e. The quantitative estimate of drug-likeness (QED) is 0.627. The number of benzene rings is 1. The first-order valence-electron chi connectivity index (χ1n) is 4.02. The summed E-state index contributed by atoms with van der Waals surface area (Å²) in [5.74, 6) is -0.455. The molecule has 1 amide bonds. The zero-order valence-electron chi connectivity index (χ0n) is 7.70. The van der Waals surface area contributed by atoms with Crippen LogP contribution in [0.25, 0.3) is 0 Å². The number of thiocarbonyl (C=S) groups is 1. The molecule has 0 unspecified atom stereocenters. The number of hydrogen-bond acceptors (Lipinski definition) is 2. The normalized spacial score (nSPS) is 9.21. The molecule has 1 rings (SSSR count). The zero-order chi connectivity index (χ0) is 10.6. The van der Waals surface area contributed by atoms with Gasteiger partial charge >= 0.3 is 0 Å². The van der Waals surface area contributed by atoms with Crippen molar-refractivity contribution in [3.8, 4) is 0 Å². The van der Waals surface area contributed by atoms with Gasteiger partial charge in [-0.3, -0.25) is 4.79 Å². The Hall–Kier alpha value is -1.62. The Balaban J connectivity index is 2.83. The van der Waals surface area contributed by atoms with Gasteiger partial charge in [0.05, 0.1) is 0 Å². The fourth-order valence-corrected chi connectivity index (χ4v) is 1.06. The van der Waals surface area contributed by atoms with Gasteiger partial charge in [0.2, 0.25) is 5.91 Å². The van der Waals surface area contributed by atoms with Crippen molar-refractivity contribution in [3.05, 3.63) is 29.8 Å². The van der Waals surface area contributed by atoms with E-state index < -0.39 is 5.91 Å². The summed E-state index contributed by atoms with van der Waals surface area (Å²) in [4.78, 5) is 10.9. The van der Waals surface area contributed by atoms with E-state index in [1.807, 2.05) is 0 Å². The van der Waals surface area contributed by atoms with E-state index in [0.29, 0.717) is 10.7 Å². The van der Waals surface area contributed by atoms with Crippen LogP contribution in [0, 0.1) is 0 Å². The minimum Gasteiger partial charge on any atom is -0.366 e. The molecule has 4 nitrogen and oxygen atoms in total. The molecule has 0 radical (unpaired) electrons. The van der Waals surface area contributed by atoms with Crippen LogP contribution in [0.2, 0.25) is 0 Å². The molecule has 0 heterocycles. The summed E-state index contributed by atoms with van der Waals surface area (Å²) in [6.07, 6.45) is 0. The summed E-state index contributed by atoms with van der Waals surface area (Å²) in [7, 11) is 1.72.